The molecule has 1 aromatic carbocycles. The number of benzene rings is 1. The second-order valence-electron chi connectivity index (χ2n) is 4.82. The third-order valence-electron chi connectivity index (χ3n) is 3.10. The molecule has 17 heavy (non-hydrogen) atoms. The smallest absolute Gasteiger partial charge is 0.0726 e. The highest BCUT2D eigenvalue weighted by Crippen LogP contribution is 2.32. The van der Waals surface area contributed by atoms with Gasteiger partial charge in [-0.05, 0) is 54.4 Å². The molecule has 2 rings (SSSR count). The molecule has 4 heteroatoms. The summed E-state index contributed by atoms with van der Waals surface area (Å²) >= 11 is 3.59. The number of aryl methyl sites for hydroxylation is 1. The molecular formula is C13H19BrN2O. The molecule has 1 heterocycles. The van der Waals surface area contributed by atoms with Crippen LogP contribution in [0.1, 0.15) is 19.4 Å². The molecule has 1 aliphatic rings. The molecule has 0 saturated carbocycles. The molecule has 1 aliphatic heterocycles. The summed E-state index contributed by atoms with van der Waals surface area (Å²) in [4.78, 5) is 2.36. The van der Waals surface area contributed by atoms with E-state index >= 15 is 0 Å². The van der Waals surface area contributed by atoms with Gasteiger partial charge in [0.15, 0.2) is 0 Å². The second-order valence-corrected chi connectivity index (χ2v) is 5.68. The molecule has 3 nitrogen and oxygen atoms in total. The third kappa shape index (κ3) is 2.75. The summed E-state index contributed by atoms with van der Waals surface area (Å²) in [5.74, 6) is 0. The lowest BCUT2D eigenvalue weighted by molar-refractivity contribution is -0.00525. The van der Waals surface area contributed by atoms with E-state index in [1.54, 1.807) is 0 Å². The van der Waals surface area contributed by atoms with Crippen molar-refractivity contribution >= 4 is 27.3 Å². The average Bonchev–Trinajstić information content (AvgIpc) is 2.22. The number of ether oxygens (including phenoxy) is 1. The van der Waals surface area contributed by atoms with Crippen LogP contribution in [0.2, 0.25) is 0 Å². The number of nitrogen functional groups attached to an aromatic ring is 1. The summed E-state index contributed by atoms with van der Waals surface area (Å²) in [6, 6.07) is 4.12. The lowest BCUT2D eigenvalue weighted by Gasteiger charge is -2.37. The summed E-state index contributed by atoms with van der Waals surface area (Å²) in [5, 5.41) is 0. The van der Waals surface area contributed by atoms with Crippen LogP contribution in [0.25, 0.3) is 0 Å². The first-order valence-electron chi connectivity index (χ1n) is 5.93. The van der Waals surface area contributed by atoms with Crippen molar-refractivity contribution in [2.75, 3.05) is 23.7 Å². The Morgan fingerprint density at radius 1 is 1.29 bits per heavy atom. The zero-order valence-corrected chi connectivity index (χ0v) is 12.1. The molecule has 1 saturated heterocycles. The molecule has 0 radical (unpaired) electrons. The van der Waals surface area contributed by atoms with Gasteiger partial charge in [-0.25, -0.2) is 0 Å². The molecule has 0 aliphatic carbocycles. The number of nitrogens with zero attached hydrogens (tertiary/aromatic N) is 1. The number of anilines is 2. The van der Waals surface area contributed by atoms with Crippen LogP contribution in [0.15, 0.2) is 16.6 Å². The van der Waals surface area contributed by atoms with Gasteiger partial charge in [-0.3, -0.25) is 0 Å². The van der Waals surface area contributed by atoms with Crippen molar-refractivity contribution in [3.05, 3.63) is 22.2 Å². The number of halogens is 1. The van der Waals surface area contributed by atoms with E-state index in [4.69, 9.17) is 10.5 Å². The Kier molecular flexibility index (Phi) is 3.64. The van der Waals surface area contributed by atoms with Gasteiger partial charge in [0.25, 0.3) is 0 Å². The number of hydrogen-bond acceptors (Lipinski definition) is 3. The van der Waals surface area contributed by atoms with Crippen molar-refractivity contribution in [1.29, 1.82) is 0 Å². The Hall–Kier alpha value is -0.740. The zero-order valence-electron chi connectivity index (χ0n) is 10.5. The van der Waals surface area contributed by atoms with Crippen LogP contribution < -0.4 is 10.6 Å². The van der Waals surface area contributed by atoms with Crippen molar-refractivity contribution in [3.63, 3.8) is 0 Å². The molecule has 1 fully saturated rings. The van der Waals surface area contributed by atoms with Crippen molar-refractivity contribution in [1.82, 2.24) is 0 Å². The van der Waals surface area contributed by atoms with Crippen LogP contribution in [0, 0.1) is 6.92 Å². The fourth-order valence-electron chi connectivity index (χ4n) is 2.30. The minimum absolute atomic E-state index is 0.267. The van der Waals surface area contributed by atoms with E-state index in [1.807, 2.05) is 13.0 Å². The number of morpholine rings is 1. The number of nitrogens with two attached hydrogens (primary N) is 1. The average molecular weight is 299 g/mol. The predicted molar refractivity (Wildman–Crippen MR) is 75.5 cm³/mol. The quantitative estimate of drug-likeness (QED) is 0.810. The Balaban J connectivity index is 2.30. The maximum atomic E-state index is 5.90. The van der Waals surface area contributed by atoms with Crippen LogP contribution in [-0.4, -0.2) is 25.3 Å². The molecule has 1 aromatic rings. The normalized spacial score (nSPS) is 25.1. The predicted octanol–water partition coefficient (Wildman–Crippen LogP) is 2.95. The first-order valence-corrected chi connectivity index (χ1v) is 6.72. The van der Waals surface area contributed by atoms with Gasteiger partial charge in [0, 0.05) is 23.2 Å². The van der Waals surface area contributed by atoms with E-state index in [0.717, 1.165) is 28.8 Å². The first kappa shape index (κ1) is 12.7. The monoisotopic (exact) mass is 298 g/mol. The Morgan fingerprint density at radius 3 is 2.47 bits per heavy atom. The summed E-state index contributed by atoms with van der Waals surface area (Å²) < 4.78 is 6.81. The minimum Gasteiger partial charge on any atom is -0.398 e. The standard InChI is InChI=1S/C13H19BrN2O/c1-8-4-13(11(14)5-12(8)15)16-6-9(2)17-10(3)7-16/h4-5,9-10H,6-7,15H2,1-3H3. The van der Waals surface area contributed by atoms with E-state index in [2.05, 4.69) is 40.7 Å². The molecular weight excluding hydrogens is 280 g/mol. The molecule has 2 unspecified atom stereocenters. The molecule has 2 atom stereocenters. The summed E-state index contributed by atoms with van der Waals surface area (Å²) in [6.45, 7) is 8.11. The van der Waals surface area contributed by atoms with Gasteiger partial charge in [0.05, 0.1) is 17.9 Å². The van der Waals surface area contributed by atoms with Crippen molar-refractivity contribution in [2.24, 2.45) is 0 Å². The van der Waals surface area contributed by atoms with Gasteiger partial charge in [0.1, 0.15) is 0 Å². The van der Waals surface area contributed by atoms with E-state index in [0.29, 0.717) is 0 Å². The van der Waals surface area contributed by atoms with Crippen LogP contribution in [0.5, 0.6) is 0 Å². The van der Waals surface area contributed by atoms with Crippen LogP contribution >= 0.6 is 15.9 Å². The van der Waals surface area contributed by atoms with Gasteiger partial charge in [-0.1, -0.05) is 0 Å². The lowest BCUT2D eigenvalue weighted by Crippen LogP contribution is -2.45. The van der Waals surface area contributed by atoms with Gasteiger partial charge in [-0.2, -0.15) is 0 Å². The summed E-state index contributed by atoms with van der Waals surface area (Å²) in [6.07, 6.45) is 0.534. The fraction of sp³-hybridized carbons (Fsp3) is 0.538. The molecule has 0 aromatic heterocycles. The lowest BCUT2D eigenvalue weighted by atomic mass is 10.1. The SMILES string of the molecule is Cc1cc(N2CC(C)OC(C)C2)c(Br)cc1N. The first-order chi connectivity index (χ1) is 7.97. The Labute approximate surface area is 111 Å². The van der Waals surface area contributed by atoms with Gasteiger partial charge in [0.2, 0.25) is 0 Å². The molecule has 0 spiro atoms. The zero-order chi connectivity index (χ0) is 12.6. The maximum Gasteiger partial charge on any atom is 0.0726 e. The van der Waals surface area contributed by atoms with Crippen molar-refractivity contribution < 1.29 is 4.74 Å². The van der Waals surface area contributed by atoms with E-state index in [1.165, 1.54) is 5.69 Å². The van der Waals surface area contributed by atoms with E-state index < -0.39 is 0 Å². The number of hydrogen-bond donors (Lipinski definition) is 1. The van der Waals surface area contributed by atoms with Gasteiger partial charge < -0.3 is 15.4 Å². The van der Waals surface area contributed by atoms with Crippen LogP contribution in [-0.2, 0) is 4.74 Å². The van der Waals surface area contributed by atoms with Gasteiger partial charge in [-0.15, -0.1) is 0 Å². The van der Waals surface area contributed by atoms with Crippen molar-refractivity contribution in [2.45, 2.75) is 33.0 Å². The molecule has 94 valence electrons. The fourth-order valence-corrected chi connectivity index (χ4v) is 2.91. The minimum atomic E-state index is 0.267. The summed E-state index contributed by atoms with van der Waals surface area (Å²) in [7, 11) is 0. The topological polar surface area (TPSA) is 38.5 Å². The second kappa shape index (κ2) is 4.86. The highest BCUT2D eigenvalue weighted by atomic mass is 79.9. The Bertz CT molecular complexity index is 412. The maximum absolute atomic E-state index is 5.90. The summed E-state index contributed by atoms with van der Waals surface area (Å²) in [5.41, 5.74) is 9.06. The third-order valence-corrected chi connectivity index (χ3v) is 3.73. The molecule has 0 amide bonds. The van der Waals surface area contributed by atoms with Crippen LogP contribution in [0.4, 0.5) is 11.4 Å². The van der Waals surface area contributed by atoms with Crippen LogP contribution in [0.3, 0.4) is 0 Å². The van der Waals surface area contributed by atoms with E-state index in [-0.39, 0.29) is 12.2 Å². The largest absolute Gasteiger partial charge is 0.398 e. The number of rotatable bonds is 1. The molecule has 0 bridgehead atoms. The van der Waals surface area contributed by atoms with Crippen molar-refractivity contribution in [3.8, 4) is 0 Å². The van der Waals surface area contributed by atoms with Gasteiger partial charge >= 0.3 is 0 Å². The highest BCUT2D eigenvalue weighted by molar-refractivity contribution is 9.10. The Morgan fingerprint density at radius 2 is 1.88 bits per heavy atom. The highest BCUT2D eigenvalue weighted by Gasteiger charge is 2.23. The van der Waals surface area contributed by atoms with E-state index in [9.17, 15) is 0 Å². The molecule has 2 N–H and O–H groups in total.